The Labute approximate surface area is 161 Å². The molecule has 0 bridgehead atoms. The fraction of sp³-hybridized carbons (Fsp3) is 0.500. The third kappa shape index (κ3) is 5.73. The van der Waals surface area contributed by atoms with E-state index in [0.717, 1.165) is 30.9 Å². The molecule has 134 valence electrons. The van der Waals surface area contributed by atoms with Gasteiger partial charge in [-0.15, -0.1) is 30.6 Å². The van der Waals surface area contributed by atoms with Crippen molar-refractivity contribution in [3.05, 3.63) is 48.3 Å². The van der Waals surface area contributed by atoms with E-state index >= 15 is 0 Å². The number of ether oxygens (including phenoxy) is 1. The predicted octanol–water partition coefficient (Wildman–Crippen LogP) is 3.23. The minimum Gasteiger partial charge on any atom is -0.381 e. The molecule has 0 aromatic heterocycles. The van der Waals surface area contributed by atoms with Crippen molar-refractivity contribution in [2.24, 2.45) is 4.99 Å². The molecule has 2 N–H and O–H groups in total. The highest BCUT2D eigenvalue weighted by Gasteiger charge is 2.34. The minimum atomic E-state index is -0.200. The molecule has 0 saturated carbocycles. The largest absolute Gasteiger partial charge is 0.381 e. The lowest BCUT2D eigenvalue weighted by atomic mass is 9.74. The van der Waals surface area contributed by atoms with Gasteiger partial charge in [0.15, 0.2) is 5.96 Å². The van der Waals surface area contributed by atoms with Crippen LogP contribution in [0.3, 0.4) is 0 Å². The number of aliphatic imine (C=N–C) groups is 1. The van der Waals surface area contributed by atoms with Gasteiger partial charge in [0.05, 0.1) is 6.54 Å². The molecule has 0 spiro atoms. The number of hydrogen-bond donors (Lipinski definition) is 2. The molecule has 1 aliphatic rings. The van der Waals surface area contributed by atoms with Crippen LogP contribution in [0.1, 0.15) is 25.3 Å². The second kappa shape index (κ2) is 10.7. The highest BCUT2D eigenvalue weighted by atomic mass is 127. The monoisotopic (exact) mass is 447 g/mol. The van der Waals surface area contributed by atoms with Crippen LogP contribution in [0, 0.1) is 5.82 Å². The Balaban J connectivity index is 0.00000288. The van der Waals surface area contributed by atoms with Crippen molar-refractivity contribution in [3.63, 3.8) is 0 Å². The van der Waals surface area contributed by atoms with E-state index < -0.39 is 0 Å². The first kappa shape index (κ1) is 20.9. The second-order valence-electron chi connectivity index (χ2n) is 5.77. The van der Waals surface area contributed by atoms with Crippen LogP contribution in [0.4, 0.5) is 4.39 Å². The van der Waals surface area contributed by atoms with Crippen molar-refractivity contribution in [1.82, 2.24) is 10.6 Å². The maximum absolute atomic E-state index is 13.7. The summed E-state index contributed by atoms with van der Waals surface area (Å²) in [6, 6.07) is 6.88. The summed E-state index contributed by atoms with van der Waals surface area (Å²) in [7, 11) is 0. The zero-order valence-electron chi connectivity index (χ0n) is 14.2. The first-order chi connectivity index (χ1) is 11.2. The van der Waals surface area contributed by atoms with Gasteiger partial charge in [0.25, 0.3) is 0 Å². The number of hydrogen-bond acceptors (Lipinski definition) is 2. The van der Waals surface area contributed by atoms with Gasteiger partial charge in [-0.2, -0.15) is 0 Å². The number of benzene rings is 1. The normalized spacial score (nSPS) is 16.8. The minimum absolute atomic E-state index is 0. The Morgan fingerprint density at radius 2 is 2.12 bits per heavy atom. The van der Waals surface area contributed by atoms with Gasteiger partial charge in [-0.25, -0.2) is 4.39 Å². The van der Waals surface area contributed by atoms with Gasteiger partial charge in [-0.1, -0.05) is 18.2 Å². The van der Waals surface area contributed by atoms with E-state index in [1.165, 1.54) is 6.07 Å². The maximum Gasteiger partial charge on any atom is 0.191 e. The lowest BCUT2D eigenvalue weighted by Crippen LogP contribution is -2.41. The van der Waals surface area contributed by atoms with E-state index in [9.17, 15) is 4.39 Å². The van der Waals surface area contributed by atoms with E-state index in [0.29, 0.717) is 26.3 Å². The van der Waals surface area contributed by atoms with E-state index in [4.69, 9.17) is 9.73 Å². The summed E-state index contributed by atoms with van der Waals surface area (Å²) >= 11 is 0. The number of halogens is 2. The number of guanidine groups is 1. The summed E-state index contributed by atoms with van der Waals surface area (Å²) in [4.78, 5) is 4.72. The number of rotatable bonds is 6. The van der Waals surface area contributed by atoms with Crippen LogP contribution in [0.2, 0.25) is 0 Å². The quantitative estimate of drug-likeness (QED) is 0.305. The molecule has 0 unspecified atom stereocenters. The first-order valence-electron chi connectivity index (χ1n) is 8.17. The second-order valence-corrected chi connectivity index (χ2v) is 5.77. The summed E-state index contributed by atoms with van der Waals surface area (Å²) in [5.41, 5.74) is 0.834. The summed E-state index contributed by atoms with van der Waals surface area (Å²) in [5, 5.41) is 6.43. The third-order valence-electron chi connectivity index (χ3n) is 4.18. The SMILES string of the molecule is C=CCNC(=NCC1(c2cccc(F)c2)CCOCC1)NCC.I. The summed E-state index contributed by atoms with van der Waals surface area (Å²) in [6.45, 7) is 9.16. The van der Waals surface area contributed by atoms with Crippen LogP contribution in [-0.4, -0.2) is 38.8 Å². The lowest BCUT2D eigenvalue weighted by molar-refractivity contribution is 0.0530. The van der Waals surface area contributed by atoms with Gasteiger partial charge < -0.3 is 15.4 Å². The predicted molar refractivity (Wildman–Crippen MR) is 108 cm³/mol. The molecule has 0 aliphatic carbocycles. The van der Waals surface area contributed by atoms with Crippen molar-refractivity contribution >= 4 is 29.9 Å². The molecule has 1 saturated heterocycles. The molecule has 1 heterocycles. The van der Waals surface area contributed by atoms with Crippen LogP contribution in [0.15, 0.2) is 41.9 Å². The summed E-state index contributed by atoms with van der Waals surface area (Å²) in [6.07, 6.45) is 3.49. The first-order valence-corrected chi connectivity index (χ1v) is 8.17. The Hall–Kier alpha value is -1.15. The van der Waals surface area contributed by atoms with Gasteiger partial charge in [0.1, 0.15) is 5.82 Å². The molecule has 24 heavy (non-hydrogen) atoms. The van der Waals surface area contributed by atoms with Gasteiger partial charge >= 0.3 is 0 Å². The molecule has 1 aromatic carbocycles. The highest BCUT2D eigenvalue weighted by Crippen LogP contribution is 2.35. The highest BCUT2D eigenvalue weighted by molar-refractivity contribution is 14.0. The van der Waals surface area contributed by atoms with Crippen LogP contribution in [0.5, 0.6) is 0 Å². The molecule has 4 nitrogen and oxygen atoms in total. The summed E-state index contributed by atoms with van der Waals surface area (Å²) < 4.78 is 19.2. The third-order valence-corrected chi connectivity index (χ3v) is 4.18. The van der Waals surface area contributed by atoms with Crippen molar-refractivity contribution < 1.29 is 9.13 Å². The van der Waals surface area contributed by atoms with Crippen LogP contribution >= 0.6 is 24.0 Å². The van der Waals surface area contributed by atoms with E-state index in [1.807, 2.05) is 13.0 Å². The van der Waals surface area contributed by atoms with E-state index in [-0.39, 0.29) is 35.2 Å². The maximum atomic E-state index is 13.7. The summed E-state index contributed by atoms with van der Waals surface area (Å²) in [5.74, 6) is 0.559. The Bertz CT molecular complexity index is 545. The fourth-order valence-corrected chi connectivity index (χ4v) is 2.86. The lowest BCUT2D eigenvalue weighted by Gasteiger charge is -2.36. The van der Waals surface area contributed by atoms with Crippen molar-refractivity contribution in [2.45, 2.75) is 25.2 Å². The van der Waals surface area contributed by atoms with Gasteiger partial charge in [0, 0.05) is 31.7 Å². The van der Waals surface area contributed by atoms with E-state index in [1.54, 1.807) is 18.2 Å². The van der Waals surface area contributed by atoms with Crippen LogP contribution in [0.25, 0.3) is 0 Å². The fourth-order valence-electron chi connectivity index (χ4n) is 2.86. The molecule has 1 aromatic rings. The van der Waals surface area contributed by atoms with Crippen LogP contribution in [-0.2, 0) is 10.2 Å². The van der Waals surface area contributed by atoms with Gasteiger partial charge in [0.2, 0.25) is 0 Å². The molecular formula is C18H27FIN3O. The molecule has 2 rings (SSSR count). The average molecular weight is 447 g/mol. The van der Waals surface area contributed by atoms with Crippen molar-refractivity contribution in [1.29, 1.82) is 0 Å². The number of nitrogens with zero attached hydrogens (tertiary/aromatic N) is 1. The Morgan fingerprint density at radius 3 is 2.75 bits per heavy atom. The molecule has 0 atom stereocenters. The van der Waals surface area contributed by atoms with E-state index in [2.05, 4.69) is 17.2 Å². The van der Waals surface area contributed by atoms with Crippen LogP contribution < -0.4 is 10.6 Å². The number of nitrogens with one attached hydrogen (secondary N) is 2. The molecular weight excluding hydrogens is 420 g/mol. The Kier molecular flexibility index (Phi) is 9.28. The van der Waals surface area contributed by atoms with Gasteiger partial charge in [-0.05, 0) is 37.5 Å². The molecule has 0 radical (unpaired) electrons. The molecule has 1 fully saturated rings. The Morgan fingerprint density at radius 1 is 1.38 bits per heavy atom. The zero-order chi connectivity index (χ0) is 16.5. The smallest absolute Gasteiger partial charge is 0.191 e. The van der Waals surface area contributed by atoms with Crippen molar-refractivity contribution in [2.75, 3.05) is 32.8 Å². The molecule has 6 heteroatoms. The topological polar surface area (TPSA) is 45.7 Å². The average Bonchev–Trinajstić information content (AvgIpc) is 2.58. The molecule has 0 amide bonds. The zero-order valence-corrected chi connectivity index (χ0v) is 16.5. The standard InChI is InChI=1S/C18H26FN3O.HI/c1-3-10-21-17(20-4-2)22-14-18(8-11-23-12-9-18)15-6-5-7-16(19)13-15;/h3,5-7,13H,1,4,8-12,14H2,2H3,(H2,20,21,22);1H. The van der Waals surface area contributed by atoms with Gasteiger partial charge in [-0.3, -0.25) is 4.99 Å². The molecule has 1 aliphatic heterocycles. The van der Waals surface area contributed by atoms with Crippen molar-refractivity contribution in [3.8, 4) is 0 Å².